The van der Waals surface area contributed by atoms with Crippen molar-refractivity contribution in [1.29, 1.82) is 0 Å². The van der Waals surface area contributed by atoms with E-state index < -0.39 is 5.97 Å². The van der Waals surface area contributed by atoms with Crippen molar-refractivity contribution in [3.05, 3.63) is 23.9 Å². The highest BCUT2D eigenvalue weighted by Gasteiger charge is 2.16. The maximum atomic E-state index is 11.0. The van der Waals surface area contributed by atoms with Crippen LogP contribution in [0.2, 0.25) is 0 Å². The van der Waals surface area contributed by atoms with Crippen LogP contribution >= 0.6 is 0 Å². The summed E-state index contributed by atoms with van der Waals surface area (Å²) in [4.78, 5) is 19.5. The molecule has 6 nitrogen and oxygen atoms in total. The van der Waals surface area contributed by atoms with Crippen LogP contribution in [-0.2, 0) is 0 Å². The molecule has 0 spiro atoms. The van der Waals surface area contributed by atoms with Crippen LogP contribution < -0.4 is 4.90 Å². The van der Waals surface area contributed by atoms with Crippen LogP contribution in [0.1, 0.15) is 16.8 Å². The molecule has 1 fully saturated rings. The maximum Gasteiger partial charge on any atom is 0.335 e. The quantitative estimate of drug-likeness (QED) is 0.814. The first-order valence-electron chi connectivity index (χ1n) is 6.48. The molecule has 0 atom stereocenters. The maximum absolute atomic E-state index is 11.0. The lowest BCUT2D eigenvalue weighted by atomic mass is 10.2. The molecule has 0 bridgehead atoms. The number of pyridine rings is 1. The number of aromatic carboxylic acids is 1. The highest BCUT2D eigenvalue weighted by molar-refractivity contribution is 5.88. The topological polar surface area (TPSA) is 76.9 Å². The second kappa shape index (κ2) is 6.49. The molecule has 2 N–H and O–H groups in total. The molecule has 1 saturated heterocycles. The number of hydrogen-bond acceptors (Lipinski definition) is 5. The fourth-order valence-electron chi connectivity index (χ4n) is 2.29. The third-order valence-electron chi connectivity index (χ3n) is 3.32. The number of carboxylic acid groups (broad SMARTS) is 1. The number of β-amino-alcohol motifs (C(OH)–C–C–N with tert-alkyl or cyclic N) is 1. The molecule has 6 heteroatoms. The van der Waals surface area contributed by atoms with Crippen LogP contribution in [0.5, 0.6) is 0 Å². The lowest BCUT2D eigenvalue weighted by Crippen LogP contribution is -2.32. The van der Waals surface area contributed by atoms with Gasteiger partial charge in [0.2, 0.25) is 0 Å². The predicted octanol–water partition coefficient (Wildman–Crippen LogP) is 0.284. The molecule has 19 heavy (non-hydrogen) atoms. The van der Waals surface area contributed by atoms with Crippen molar-refractivity contribution in [3.8, 4) is 0 Å². The van der Waals surface area contributed by atoms with Gasteiger partial charge in [0.05, 0.1) is 12.2 Å². The smallest absolute Gasteiger partial charge is 0.335 e. The van der Waals surface area contributed by atoms with E-state index in [4.69, 9.17) is 10.2 Å². The van der Waals surface area contributed by atoms with Gasteiger partial charge in [0.1, 0.15) is 5.82 Å². The van der Waals surface area contributed by atoms with E-state index in [1.807, 2.05) is 0 Å². The summed E-state index contributed by atoms with van der Waals surface area (Å²) in [6.07, 6.45) is 2.52. The van der Waals surface area contributed by atoms with E-state index >= 15 is 0 Å². The lowest BCUT2D eigenvalue weighted by Gasteiger charge is -2.22. The van der Waals surface area contributed by atoms with Crippen LogP contribution in [-0.4, -0.2) is 65.4 Å². The van der Waals surface area contributed by atoms with E-state index in [1.165, 1.54) is 12.3 Å². The minimum Gasteiger partial charge on any atom is -0.478 e. The van der Waals surface area contributed by atoms with Crippen molar-refractivity contribution in [3.63, 3.8) is 0 Å². The highest BCUT2D eigenvalue weighted by Crippen LogP contribution is 2.15. The second-order valence-electron chi connectivity index (χ2n) is 4.61. The molecule has 0 aromatic carbocycles. The number of nitrogens with zero attached hydrogens (tertiary/aromatic N) is 3. The lowest BCUT2D eigenvalue weighted by molar-refractivity contribution is 0.0697. The Morgan fingerprint density at radius 2 is 2.16 bits per heavy atom. The van der Waals surface area contributed by atoms with Gasteiger partial charge in [-0.2, -0.15) is 0 Å². The Morgan fingerprint density at radius 1 is 1.32 bits per heavy atom. The molecule has 2 heterocycles. The number of aromatic nitrogens is 1. The summed E-state index contributed by atoms with van der Waals surface area (Å²) in [5, 5.41) is 18.0. The minimum absolute atomic E-state index is 0.173. The second-order valence-corrected chi connectivity index (χ2v) is 4.61. The van der Waals surface area contributed by atoms with E-state index in [0.29, 0.717) is 12.4 Å². The fraction of sp³-hybridized carbons (Fsp3) is 0.538. The largest absolute Gasteiger partial charge is 0.478 e. The van der Waals surface area contributed by atoms with E-state index in [2.05, 4.69) is 14.8 Å². The molecule has 104 valence electrons. The van der Waals surface area contributed by atoms with Crippen molar-refractivity contribution in [1.82, 2.24) is 9.88 Å². The zero-order valence-corrected chi connectivity index (χ0v) is 10.8. The van der Waals surface area contributed by atoms with Crippen molar-refractivity contribution in [2.75, 3.05) is 44.2 Å². The Bertz CT molecular complexity index is 439. The molecule has 0 radical (unpaired) electrons. The summed E-state index contributed by atoms with van der Waals surface area (Å²) in [6, 6.07) is 3.12. The third kappa shape index (κ3) is 3.65. The number of carbonyl (C=O) groups is 1. The van der Waals surface area contributed by atoms with E-state index in [9.17, 15) is 4.79 Å². The summed E-state index contributed by atoms with van der Waals surface area (Å²) >= 11 is 0. The van der Waals surface area contributed by atoms with Gasteiger partial charge in [-0.25, -0.2) is 9.78 Å². The van der Waals surface area contributed by atoms with Gasteiger partial charge in [-0.05, 0) is 25.1 Å². The normalized spacial score (nSPS) is 17.2. The fourth-order valence-corrected chi connectivity index (χ4v) is 2.29. The molecular formula is C13H19N3O3. The molecule has 0 aliphatic carbocycles. The third-order valence-corrected chi connectivity index (χ3v) is 3.32. The number of aliphatic hydroxyl groups excluding tert-OH is 1. The summed E-state index contributed by atoms with van der Waals surface area (Å²) in [5.74, 6) is -0.217. The number of aliphatic hydroxyl groups is 1. The molecule has 1 aliphatic rings. The molecular weight excluding hydrogens is 246 g/mol. The molecule has 0 unspecified atom stereocenters. The van der Waals surface area contributed by atoms with Gasteiger partial charge in [-0.1, -0.05) is 0 Å². The zero-order chi connectivity index (χ0) is 13.7. The van der Waals surface area contributed by atoms with E-state index in [-0.39, 0.29) is 12.2 Å². The molecule has 1 aromatic rings. The van der Waals surface area contributed by atoms with Gasteiger partial charge < -0.3 is 15.1 Å². The number of rotatable bonds is 4. The van der Waals surface area contributed by atoms with Crippen molar-refractivity contribution in [2.24, 2.45) is 0 Å². The predicted molar refractivity (Wildman–Crippen MR) is 71.6 cm³/mol. The van der Waals surface area contributed by atoms with Gasteiger partial charge in [0, 0.05) is 32.4 Å². The van der Waals surface area contributed by atoms with Gasteiger partial charge >= 0.3 is 5.97 Å². The number of carboxylic acids is 1. The molecule has 0 saturated carbocycles. The summed E-state index contributed by atoms with van der Waals surface area (Å²) < 4.78 is 0. The van der Waals surface area contributed by atoms with Crippen molar-refractivity contribution < 1.29 is 15.0 Å². The highest BCUT2D eigenvalue weighted by atomic mass is 16.4. The average Bonchev–Trinajstić information content (AvgIpc) is 2.65. The van der Waals surface area contributed by atoms with Crippen LogP contribution in [0.4, 0.5) is 5.82 Å². The van der Waals surface area contributed by atoms with Crippen LogP contribution in [0.3, 0.4) is 0 Å². The van der Waals surface area contributed by atoms with E-state index in [0.717, 1.165) is 32.6 Å². The molecule has 1 aromatic heterocycles. The zero-order valence-electron chi connectivity index (χ0n) is 10.8. The Hall–Kier alpha value is -1.66. The standard InChI is InChI=1S/C13H19N3O3/c17-9-8-15-4-1-5-16(7-6-15)12-10-11(13(18)19)2-3-14-12/h2-3,10,17H,1,4-9H2,(H,18,19). The molecule has 1 aliphatic heterocycles. The van der Waals surface area contributed by atoms with Gasteiger partial charge in [-0.15, -0.1) is 0 Å². The first-order chi connectivity index (χ1) is 9.20. The van der Waals surface area contributed by atoms with E-state index in [1.54, 1.807) is 6.07 Å². The summed E-state index contributed by atoms with van der Waals surface area (Å²) in [7, 11) is 0. The SMILES string of the molecule is O=C(O)c1ccnc(N2CCCN(CCO)CC2)c1. The Balaban J connectivity index is 2.05. The monoisotopic (exact) mass is 265 g/mol. The first kappa shape index (κ1) is 13.8. The van der Waals surface area contributed by atoms with Gasteiger partial charge in [0.25, 0.3) is 0 Å². The van der Waals surface area contributed by atoms with Crippen LogP contribution in [0.25, 0.3) is 0 Å². The Labute approximate surface area is 112 Å². The van der Waals surface area contributed by atoms with Gasteiger partial charge in [-0.3, -0.25) is 4.90 Å². The minimum atomic E-state index is -0.930. The summed E-state index contributed by atoms with van der Waals surface area (Å²) in [6.45, 7) is 4.34. The first-order valence-corrected chi connectivity index (χ1v) is 6.48. The average molecular weight is 265 g/mol. The number of anilines is 1. The van der Waals surface area contributed by atoms with Crippen molar-refractivity contribution in [2.45, 2.75) is 6.42 Å². The van der Waals surface area contributed by atoms with Crippen LogP contribution in [0.15, 0.2) is 18.3 Å². The van der Waals surface area contributed by atoms with Gasteiger partial charge in [0.15, 0.2) is 0 Å². The Morgan fingerprint density at radius 3 is 2.89 bits per heavy atom. The molecule has 0 amide bonds. The molecule has 2 rings (SSSR count). The number of hydrogen-bond donors (Lipinski definition) is 2. The van der Waals surface area contributed by atoms with Crippen LogP contribution in [0, 0.1) is 0 Å². The Kier molecular flexibility index (Phi) is 4.70. The summed E-state index contributed by atoms with van der Waals surface area (Å²) in [5.41, 5.74) is 0.265. The van der Waals surface area contributed by atoms with Crippen molar-refractivity contribution >= 4 is 11.8 Å².